The topological polar surface area (TPSA) is 125 Å². The van der Waals surface area contributed by atoms with Crippen molar-refractivity contribution in [3.8, 4) is 35.1 Å². The van der Waals surface area contributed by atoms with Gasteiger partial charge in [-0.05, 0) is 69.2 Å². The zero-order valence-electron chi connectivity index (χ0n) is 22.9. The van der Waals surface area contributed by atoms with Crippen LogP contribution in [0.1, 0.15) is 38.3 Å². The van der Waals surface area contributed by atoms with E-state index in [1.54, 1.807) is 24.8 Å². The molecule has 0 aliphatic carbocycles. The molecular formula is C31H30N6O4. The molecule has 208 valence electrons. The number of terminal acetylenes is 1. The van der Waals surface area contributed by atoms with Gasteiger partial charge in [-0.3, -0.25) is 4.79 Å². The van der Waals surface area contributed by atoms with Crippen LogP contribution in [0.3, 0.4) is 0 Å². The Kier molecular flexibility index (Phi) is 7.97. The molecule has 41 heavy (non-hydrogen) atoms. The first-order chi connectivity index (χ1) is 19.8. The average Bonchev–Trinajstić information content (AvgIpc) is 3.37. The minimum atomic E-state index is -0.547. The van der Waals surface area contributed by atoms with Gasteiger partial charge in [-0.25, -0.2) is 19.4 Å². The Morgan fingerprint density at radius 3 is 2.68 bits per heavy atom. The number of rotatable bonds is 7. The lowest BCUT2D eigenvalue weighted by atomic mass is 10.1. The van der Waals surface area contributed by atoms with E-state index in [1.807, 2.05) is 47.1 Å². The third-order valence-corrected chi connectivity index (χ3v) is 6.65. The number of carbonyl (C=O) groups excluding carboxylic acids is 2. The lowest BCUT2D eigenvalue weighted by Gasteiger charge is -2.32. The van der Waals surface area contributed by atoms with Crippen LogP contribution in [0.2, 0.25) is 0 Å². The van der Waals surface area contributed by atoms with Crippen LogP contribution in [0.15, 0.2) is 67.0 Å². The van der Waals surface area contributed by atoms with Crippen molar-refractivity contribution >= 4 is 28.7 Å². The maximum atomic E-state index is 12.8. The Morgan fingerprint density at radius 2 is 1.93 bits per heavy atom. The molecule has 2 aromatic heterocycles. The number of benzene rings is 2. The van der Waals surface area contributed by atoms with Crippen molar-refractivity contribution in [1.29, 1.82) is 0 Å². The van der Waals surface area contributed by atoms with Gasteiger partial charge in [0.25, 0.3) is 0 Å². The molecule has 1 amide bonds. The zero-order chi connectivity index (χ0) is 28.9. The van der Waals surface area contributed by atoms with Gasteiger partial charge in [-0.2, -0.15) is 5.10 Å². The van der Waals surface area contributed by atoms with Gasteiger partial charge in [0, 0.05) is 36.4 Å². The SMILES string of the molecule is C#Cc1cccc(Oc2ccc(-c3nn([C@@H]4CCCN(C(=O)/C=C/C(=O)OC(C)C)C4)c4ncnc(N)c34)cc2)c1. The van der Waals surface area contributed by atoms with Crippen LogP contribution >= 0.6 is 0 Å². The van der Waals surface area contributed by atoms with Crippen LogP contribution in [0.5, 0.6) is 11.5 Å². The quantitative estimate of drug-likeness (QED) is 0.202. The second-order valence-electron chi connectivity index (χ2n) is 9.95. The molecule has 0 bridgehead atoms. The number of nitrogen functional groups attached to an aromatic ring is 1. The molecule has 0 saturated carbocycles. The highest BCUT2D eigenvalue weighted by molar-refractivity contribution is 5.98. The smallest absolute Gasteiger partial charge is 0.331 e. The summed E-state index contributed by atoms with van der Waals surface area (Å²) in [5, 5.41) is 5.56. The van der Waals surface area contributed by atoms with E-state index in [-0.39, 0.29) is 18.1 Å². The van der Waals surface area contributed by atoms with Gasteiger partial charge in [-0.1, -0.05) is 12.0 Å². The van der Waals surface area contributed by atoms with E-state index in [4.69, 9.17) is 26.7 Å². The Balaban J connectivity index is 1.39. The maximum Gasteiger partial charge on any atom is 0.331 e. The summed E-state index contributed by atoms with van der Waals surface area (Å²) in [7, 11) is 0. The Labute approximate surface area is 237 Å². The number of carbonyl (C=O) groups is 2. The predicted molar refractivity (Wildman–Crippen MR) is 155 cm³/mol. The second-order valence-corrected chi connectivity index (χ2v) is 9.95. The summed E-state index contributed by atoms with van der Waals surface area (Å²) in [6, 6.07) is 14.7. The maximum absolute atomic E-state index is 12.8. The van der Waals surface area contributed by atoms with E-state index in [9.17, 15) is 9.59 Å². The van der Waals surface area contributed by atoms with E-state index >= 15 is 0 Å². The molecule has 1 fully saturated rings. The van der Waals surface area contributed by atoms with Crippen molar-refractivity contribution in [3.05, 3.63) is 72.6 Å². The Bertz CT molecular complexity index is 1650. The molecule has 10 nitrogen and oxygen atoms in total. The lowest BCUT2D eigenvalue weighted by Crippen LogP contribution is -2.40. The van der Waals surface area contributed by atoms with Gasteiger partial charge in [-0.15, -0.1) is 6.42 Å². The summed E-state index contributed by atoms with van der Waals surface area (Å²) in [6.45, 7) is 4.49. The molecule has 10 heteroatoms. The van der Waals surface area contributed by atoms with Gasteiger partial charge in [0.1, 0.15) is 29.3 Å². The number of likely N-dealkylation sites (tertiary alicyclic amines) is 1. The van der Waals surface area contributed by atoms with Crippen LogP contribution in [-0.4, -0.2) is 55.7 Å². The van der Waals surface area contributed by atoms with Crippen molar-refractivity contribution in [3.63, 3.8) is 0 Å². The molecule has 5 rings (SSSR count). The fourth-order valence-electron chi connectivity index (χ4n) is 4.79. The number of hydrogen-bond acceptors (Lipinski definition) is 8. The van der Waals surface area contributed by atoms with Crippen LogP contribution in [-0.2, 0) is 14.3 Å². The molecule has 2 aromatic carbocycles. The average molecular weight is 551 g/mol. The first kappa shape index (κ1) is 27.4. The molecule has 1 aliphatic heterocycles. The van der Waals surface area contributed by atoms with Gasteiger partial charge in [0.05, 0.1) is 17.5 Å². The minimum absolute atomic E-state index is 0.139. The first-order valence-electron chi connectivity index (χ1n) is 13.3. The van der Waals surface area contributed by atoms with Gasteiger partial charge in [0.2, 0.25) is 5.91 Å². The van der Waals surface area contributed by atoms with E-state index in [1.165, 1.54) is 18.5 Å². The van der Waals surface area contributed by atoms with Crippen molar-refractivity contribution in [2.24, 2.45) is 0 Å². The largest absolute Gasteiger partial charge is 0.460 e. The highest BCUT2D eigenvalue weighted by Gasteiger charge is 2.28. The minimum Gasteiger partial charge on any atom is -0.460 e. The first-order valence-corrected chi connectivity index (χ1v) is 13.3. The molecule has 1 aliphatic rings. The van der Waals surface area contributed by atoms with Gasteiger partial charge < -0.3 is 20.1 Å². The number of piperidine rings is 1. The Hall–Kier alpha value is -5.17. The number of anilines is 1. The fraction of sp³-hybridized carbons (Fsp3) is 0.258. The van der Waals surface area contributed by atoms with Crippen LogP contribution in [0.4, 0.5) is 5.82 Å². The number of fused-ring (bicyclic) bond motifs is 1. The Morgan fingerprint density at radius 1 is 1.12 bits per heavy atom. The molecule has 2 N–H and O–H groups in total. The van der Waals surface area contributed by atoms with E-state index < -0.39 is 5.97 Å². The molecule has 0 spiro atoms. The number of nitrogens with zero attached hydrogens (tertiary/aromatic N) is 5. The standard InChI is InChI=1S/C31H30N6O4/c1-4-21-7-5-9-25(17-21)41-24-12-10-22(11-13-24)29-28-30(32)33-19-34-31(28)37(35-29)23-8-6-16-36(18-23)26(38)14-15-27(39)40-20(2)3/h1,5,7,9-15,17,19-20,23H,6,8,16,18H2,2-3H3,(H2,32,33,34)/b15-14+/t23-/m1/s1. The normalized spacial score (nSPS) is 15.3. The number of hydrogen-bond donors (Lipinski definition) is 1. The van der Waals surface area contributed by atoms with Crippen molar-refractivity contribution in [2.45, 2.75) is 38.8 Å². The number of nitrogens with two attached hydrogens (primary N) is 1. The molecule has 0 unspecified atom stereocenters. The highest BCUT2D eigenvalue weighted by Crippen LogP contribution is 2.35. The molecule has 4 aromatic rings. The monoisotopic (exact) mass is 550 g/mol. The molecule has 1 saturated heterocycles. The summed E-state index contributed by atoms with van der Waals surface area (Å²) in [5.41, 5.74) is 9.09. The predicted octanol–water partition coefficient (Wildman–Crippen LogP) is 4.52. The van der Waals surface area contributed by atoms with E-state index in [0.717, 1.165) is 24.0 Å². The number of esters is 1. The van der Waals surface area contributed by atoms with Crippen molar-refractivity contribution in [2.75, 3.05) is 18.8 Å². The molecule has 0 radical (unpaired) electrons. The van der Waals surface area contributed by atoms with Crippen LogP contribution < -0.4 is 10.5 Å². The van der Waals surface area contributed by atoms with Crippen LogP contribution in [0.25, 0.3) is 22.3 Å². The lowest BCUT2D eigenvalue weighted by molar-refractivity contribution is -0.141. The summed E-state index contributed by atoms with van der Waals surface area (Å²) in [6.07, 6.45) is 10.6. The van der Waals surface area contributed by atoms with Crippen LogP contribution in [0, 0.1) is 12.3 Å². The van der Waals surface area contributed by atoms with Gasteiger partial charge in [0.15, 0.2) is 5.65 Å². The third kappa shape index (κ3) is 6.20. The van der Waals surface area contributed by atoms with Crippen molar-refractivity contribution in [1.82, 2.24) is 24.6 Å². The molecular weight excluding hydrogens is 520 g/mol. The zero-order valence-corrected chi connectivity index (χ0v) is 22.9. The van der Waals surface area contributed by atoms with E-state index in [2.05, 4.69) is 15.9 Å². The number of aromatic nitrogens is 4. The summed E-state index contributed by atoms with van der Waals surface area (Å²) >= 11 is 0. The molecule has 1 atom stereocenters. The molecule has 3 heterocycles. The summed E-state index contributed by atoms with van der Waals surface area (Å²) < 4.78 is 12.9. The summed E-state index contributed by atoms with van der Waals surface area (Å²) in [5.74, 6) is 3.40. The van der Waals surface area contributed by atoms with Crippen molar-refractivity contribution < 1.29 is 19.1 Å². The third-order valence-electron chi connectivity index (χ3n) is 6.65. The number of amides is 1. The van der Waals surface area contributed by atoms with Gasteiger partial charge >= 0.3 is 5.97 Å². The second kappa shape index (κ2) is 11.9. The van der Waals surface area contributed by atoms with E-state index in [0.29, 0.717) is 47.1 Å². The number of ether oxygens (including phenoxy) is 2. The summed E-state index contributed by atoms with van der Waals surface area (Å²) in [4.78, 5) is 35.1. The highest BCUT2D eigenvalue weighted by atomic mass is 16.5. The fourth-order valence-corrected chi connectivity index (χ4v) is 4.79.